The molecule has 0 saturated heterocycles. The molecule has 0 aliphatic rings. The minimum Gasteiger partial charge on any atom is -0.497 e. The van der Waals surface area contributed by atoms with Gasteiger partial charge in [-0.25, -0.2) is 0 Å². The van der Waals surface area contributed by atoms with E-state index in [1.54, 1.807) is 18.2 Å². The summed E-state index contributed by atoms with van der Waals surface area (Å²) < 4.78 is 10.3. The van der Waals surface area contributed by atoms with Crippen molar-refractivity contribution in [3.63, 3.8) is 0 Å². The Hall–Kier alpha value is -3.02. The summed E-state index contributed by atoms with van der Waals surface area (Å²) in [5.74, 6) is 1.08. The topological polar surface area (TPSA) is 76.7 Å². The number of carbonyl (C=O) groups excluding carboxylic acids is 2. The Morgan fingerprint density at radius 3 is 1.74 bits per heavy atom. The standard InChI is InChI=1S/C21H26N2O4/c1-14(2)15-5-7-16(8-6-15)20(24)22-9-10-23-21(25)17-11-18(26-3)13-19(12-17)27-4/h5-8,11-14H,9-10H2,1-4H3,(H,22,24)(H,23,25). The van der Waals surface area contributed by atoms with Crippen LogP contribution in [-0.2, 0) is 0 Å². The van der Waals surface area contributed by atoms with Crippen molar-refractivity contribution in [3.8, 4) is 11.5 Å². The average molecular weight is 370 g/mol. The first kappa shape index (κ1) is 20.3. The zero-order valence-corrected chi connectivity index (χ0v) is 16.2. The van der Waals surface area contributed by atoms with Gasteiger partial charge in [0.25, 0.3) is 11.8 Å². The maximum Gasteiger partial charge on any atom is 0.251 e. The Bertz CT molecular complexity index is 763. The van der Waals surface area contributed by atoms with Crippen molar-refractivity contribution < 1.29 is 19.1 Å². The van der Waals surface area contributed by atoms with E-state index in [0.29, 0.717) is 41.6 Å². The molecule has 6 heteroatoms. The molecule has 2 aromatic carbocycles. The Morgan fingerprint density at radius 1 is 0.815 bits per heavy atom. The van der Waals surface area contributed by atoms with E-state index in [9.17, 15) is 9.59 Å². The molecule has 2 aromatic rings. The molecule has 0 aliphatic heterocycles. The number of benzene rings is 2. The van der Waals surface area contributed by atoms with Gasteiger partial charge < -0.3 is 20.1 Å². The number of methoxy groups -OCH3 is 2. The van der Waals surface area contributed by atoms with Crippen LogP contribution in [0, 0.1) is 0 Å². The minimum absolute atomic E-state index is 0.164. The molecule has 0 aliphatic carbocycles. The largest absolute Gasteiger partial charge is 0.497 e. The van der Waals surface area contributed by atoms with Crippen molar-refractivity contribution in [1.29, 1.82) is 0 Å². The Labute approximate surface area is 159 Å². The molecule has 2 amide bonds. The highest BCUT2D eigenvalue weighted by molar-refractivity contribution is 5.95. The molecule has 0 aromatic heterocycles. The number of amides is 2. The molecule has 0 unspecified atom stereocenters. The lowest BCUT2D eigenvalue weighted by Gasteiger charge is -2.10. The number of rotatable bonds is 8. The highest BCUT2D eigenvalue weighted by atomic mass is 16.5. The molecule has 0 saturated carbocycles. The predicted octanol–water partition coefficient (Wildman–Crippen LogP) is 2.99. The van der Waals surface area contributed by atoms with Gasteiger partial charge in [0.1, 0.15) is 11.5 Å². The second-order valence-electron chi connectivity index (χ2n) is 6.39. The van der Waals surface area contributed by atoms with E-state index in [4.69, 9.17) is 9.47 Å². The van der Waals surface area contributed by atoms with E-state index in [1.165, 1.54) is 19.8 Å². The highest BCUT2D eigenvalue weighted by Gasteiger charge is 2.10. The van der Waals surface area contributed by atoms with Crippen LogP contribution in [0.3, 0.4) is 0 Å². The van der Waals surface area contributed by atoms with Crippen molar-refractivity contribution in [2.45, 2.75) is 19.8 Å². The first-order valence-electron chi connectivity index (χ1n) is 8.84. The fraction of sp³-hybridized carbons (Fsp3) is 0.333. The second-order valence-corrected chi connectivity index (χ2v) is 6.39. The van der Waals surface area contributed by atoms with Crippen molar-refractivity contribution in [3.05, 3.63) is 59.2 Å². The SMILES string of the molecule is COc1cc(OC)cc(C(=O)NCCNC(=O)c2ccc(C(C)C)cc2)c1. The van der Waals surface area contributed by atoms with Crippen molar-refractivity contribution in [1.82, 2.24) is 10.6 Å². The van der Waals surface area contributed by atoms with Gasteiger partial charge >= 0.3 is 0 Å². The van der Waals surface area contributed by atoms with Gasteiger partial charge in [-0.1, -0.05) is 26.0 Å². The van der Waals surface area contributed by atoms with Crippen LogP contribution in [0.4, 0.5) is 0 Å². The molecule has 0 heterocycles. The molecule has 144 valence electrons. The summed E-state index contributed by atoms with van der Waals surface area (Å²) in [5.41, 5.74) is 2.22. The molecule has 2 N–H and O–H groups in total. The van der Waals surface area contributed by atoms with Crippen LogP contribution in [-0.4, -0.2) is 39.1 Å². The molecule has 6 nitrogen and oxygen atoms in total. The molecule has 0 radical (unpaired) electrons. The zero-order valence-electron chi connectivity index (χ0n) is 16.2. The van der Waals surface area contributed by atoms with Gasteiger partial charge in [-0.05, 0) is 35.7 Å². The third kappa shape index (κ3) is 5.74. The lowest BCUT2D eigenvalue weighted by Crippen LogP contribution is -2.34. The molecule has 0 atom stereocenters. The van der Waals surface area contributed by atoms with Crippen LogP contribution in [0.5, 0.6) is 11.5 Å². The van der Waals surface area contributed by atoms with E-state index in [2.05, 4.69) is 24.5 Å². The molecule has 2 rings (SSSR count). The summed E-state index contributed by atoms with van der Waals surface area (Å²) in [4.78, 5) is 24.4. The molecular weight excluding hydrogens is 344 g/mol. The zero-order chi connectivity index (χ0) is 19.8. The predicted molar refractivity (Wildman–Crippen MR) is 105 cm³/mol. The van der Waals surface area contributed by atoms with Gasteiger partial charge in [0, 0.05) is 30.3 Å². The number of ether oxygens (including phenoxy) is 2. The molecule has 0 fully saturated rings. The molecular formula is C21H26N2O4. The lowest BCUT2D eigenvalue weighted by molar-refractivity contribution is 0.0927. The molecule has 0 bridgehead atoms. The van der Waals surface area contributed by atoms with E-state index in [0.717, 1.165) is 0 Å². The summed E-state index contributed by atoms with van der Waals surface area (Å²) >= 11 is 0. The monoisotopic (exact) mass is 370 g/mol. The van der Waals surface area contributed by atoms with E-state index in [1.807, 2.05) is 24.3 Å². The molecule has 0 spiro atoms. The van der Waals surface area contributed by atoms with Crippen LogP contribution >= 0.6 is 0 Å². The average Bonchev–Trinajstić information content (AvgIpc) is 2.70. The van der Waals surface area contributed by atoms with Gasteiger partial charge in [0.15, 0.2) is 0 Å². The van der Waals surface area contributed by atoms with Crippen LogP contribution in [0.1, 0.15) is 46.0 Å². The van der Waals surface area contributed by atoms with E-state index >= 15 is 0 Å². The Morgan fingerprint density at radius 2 is 1.30 bits per heavy atom. The quantitative estimate of drug-likeness (QED) is 0.701. The summed E-state index contributed by atoms with van der Waals surface area (Å²) in [6.07, 6.45) is 0. The normalized spacial score (nSPS) is 10.4. The van der Waals surface area contributed by atoms with E-state index in [-0.39, 0.29) is 11.8 Å². The number of hydrogen-bond donors (Lipinski definition) is 2. The number of hydrogen-bond acceptors (Lipinski definition) is 4. The number of carbonyl (C=O) groups is 2. The van der Waals surface area contributed by atoms with Crippen molar-refractivity contribution in [2.24, 2.45) is 0 Å². The van der Waals surface area contributed by atoms with Gasteiger partial charge in [0.05, 0.1) is 14.2 Å². The Kier molecular flexibility index (Phi) is 7.23. The second kappa shape index (κ2) is 9.62. The highest BCUT2D eigenvalue weighted by Crippen LogP contribution is 2.22. The fourth-order valence-corrected chi connectivity index (χ4v) is 2.51. The maximum atomic E-state index is 12.3. The van der Waals surface area contributed by atoms with Crippen LogP contribution < -0.4 is 20.1 Å². The smallest absolute Gasteiger partial charge is 0.251 e. The van der Waals surface area contributed by atoms with E-state index < -0.39 is 0 Å². The summed E-state index contributed by atoms with van der Waals surface area (Å²) in [6.45, 7) is 4.86. The van der Waals surface area contributed by atoms with Crippen LogP contribution in [0.2, 0.25) is 0 Å². The first-order valence-corrected chi connectivity index (χ1v) is 8.84. The van der Waals surface area contributed by atoms with Crippen LogP contribution in [0.25, 0.3) is 0 Å². The third-order valence-electron chi connectivity index (χ3n) is 4.15. The summed E-state index contributed by atoms with van der Waals surface area (Å²) in [5, 5.41) is 5.56. The van der Waals surface area contributed by atoms with Gasteiger partial charge in [0.2, 0.25) is 0 Å². The van der Waals surface area contributed by atoms with Gasteiger partial charge in [-0.2, -0.15) is 0 Å². The maximum absolute atomic E-state index is 12.3. The van der Waals surface area contributed by atoms with Crippen LogP contribution in [0.15, 0.2) is 42.5 Å². The number of nitrogens with one attached hydrogen (secondary N) is 2. The minimum atomic E-state index is -0.261. The summed E-state index contributed by atoms with van der Waals surface area (Å²) in [7, 11) is 3.05. The van der Waals surface area contributed by atoms with Crippen molar-refractivity contribution in [2.75, 3.05) is 27.3 Å². The fourth-order valence-electron chi connectivity index (χ4n) is 2.51. The van der Waals surface area contributed by atoms with Crippen molar-refractivity contribution >= 4 is 11.8 Å². The lowest BCUT2D eigenvalue weighted by atomic mass is 10.0. The molecule has 27 heavy (non-hydrogen) atoms. The van der Waals surface area contributed by atoms with Gasteiger partial charge in [-0.3, -0.25) is 9.59 Å². The van der Waals surface area contributed by atoms with Gasteiger partial charge in [-0.15, -0.1) is 0 Å². The first-order chi connectivity index (χ1) is 12.9. The third-order valence-corrected chi connectivity index (χ3v) is 4.15. The summed E-state index contributed by atoms with van der Waals surface area (Å²) in [6, 6.07) is 12.5. The Balaban J connectivity index is 1.84.